The molecule has 0 bridgehead atoms. The smallest absolute Gasteiger partial charge is 0.243 e. The fourth-order valence-corrected chi connectivity index (χ4v) is 5.03. The molecule has 6 nitrogen and oxygen atoms in total. The number of fused-ring (bicyclic) bond motifs is 1. The van der Waals surface area contributed by atoms with Gasteiger partial charge in [0.2, 0.25) is 11.8 Å². The molecule has 0 aromatic heterocycles. The number of carbonyl (C=O) groups is 2. The number of hydrogen-bond acceptors (Lipinski definition) is 4. The van der Waals surface area contributed by atoms with E-state index in [1.165, 1.54) is 6.07 Å². The molecule has 3 heterocycles. The van der Waals surface area contributed by atoms with Crippen LogP contribution in [0.3, 0.4) is 0 Å². The van der Waals surface area contributed by atoms with Crippen molar-refractivity contribution in [3.8, 4) is 0 Å². The third-order valence-electron chi connectivity index (χ3n) is 6.73. The molecular weight excluding hydrogens is 371 g/mol. The summed E-state index contributed by atoms with van der Waals surface area (Å²) in [6, 6.07) is 3.42. The predicted molar refractivity (Wildman–Crippen MR) is 110 cm³/mol. The van der Waals surface area contributed by atoms with Gasteiger partial charge in [-0.05, 0) is 50.8 Å². The molecule has 2 unspecified atom stereocenters. The number of nitrogens with one attached hydrogen (secondary N) is 2. The van der Waals surface area contributed by atoms with Gasteiger partial charge in [0.1, 0.15) is 11.9 Å². The maximum Gasteiger partial charge on any atom is 0.243 e. The number of likely N-dealkylation sites (tertiary alicyclic amines) is 2. The van der Waals surface area contributed by atoms with Gasteiger partial charge in [-0.2, -0.15) is 0 Å². The van der Waals surface area contributed by atoms with Gasteiger partial charge in [0.25, 0.3) is 0 Å². The fourth-order valence-electron chi connectivity index (χ4n) is 5.03. The Balaban J connectivity index is 1.31. The summed E-state index contributed by atoms with van der Waals surface area (Å²) in [5.74, 6) is -0.128. The van der Waals surface area contributed by atoms with Crippen LogP contribution in [-0.4, -0.2) is 65.9 Å². The van der Waals surface area contributed by atoms with E-state index >= 15 is 0 Å². The van der Waals surface area contributed by atoms with Crippen molar-refractivity contribution in [2.45, 2.75) is 64.1 Å². The molecule has 3 aliphatic heterocycles. The fraction of sp³-hybridized carbons (Fsp3) is 0.636. The van der Waals surface area contributed by atoms with Gasteiger partial charge in [-0.3, -0.25) is 14.5 Å². The van der Waals surface area contributed by atoms with Gasteiger partial charge in [0.05, 0.1) is 0 Å². The standard InChI is InChI=1S/C22H31FN4O2/c1-14-5-6-19(23)18-12-20(25-21(14)18)22(29)24-16-4-3-9-27(13-16)17-7-10-26(11-8-17)15(2)28/h5-6,16-17,20,25H,3-4,7-13H2,1-2H3,(H,24,29). The second-order valence-electron chi connectivity index (χ2n) is 8.70. The number of hydrogen-bond donors (Lipinski definition) is 2. The van der Waals surface area contributed by atoms with Crippen LogP contribution in [0, 0.1) is 12.7 Å². The van der Waals surface area contributed by atoms with Crippen LogP contribution in [0.1, 0.15) is 43.7 Å². The molecule has 2 N–H and O–H groups in total. The highest BCUT2D eigenvalue weighted by atomic mass is 19.1. The maximum absolute atomic E-state index is 14.1. The van der Waals surface area contributed by atoms with E-state index in [2.05, 4.69) is 15.5 Å². The summed E-state index contributed by atoms with van der Waals surface area (Å²) >= 11 is 0. The van der Waals surface area contributed by atoms with Crippen molar-refractivity contribution in [1.82, 2.24) is 15.1 Å². The van der Waals surface area contributed by atoms with Gasteiger partial charge in [0, 0.05) is 56.3 Å². The molecule has 0 spiro atoms. The molecule has 0 aliphatic carbocycles. The Labute approximate surface area is 171 Å². The molecule has 7 heteroatoms. The van der Waals surface area contributed by atoms with Crippen LogP contribution in [0.15, 0.2) is 12.1 Å². The summed E-state index contributed by atoms with van der Waals surface area (Å²) in [6.45, 7) is 7.11. The van der Waals surface area contributed by atoms with Crippen LogP contribution in [-0.2, 0) is 16.0 Å². The third-order valence-corrected chi connectivity index (χ3v) is 6.73. The Morgan fingerprint density at radius 1 is 1.17 bits per heavy atom. The highest BCUT2D eigenvalue weighted by molar-refractivity contribution is 5.88. The monoisotopic (exact) mass is 402 g/mol. The lowest BCUT2D eigenvalue weighted by molar-refractivity contribution is -0.130. The van der Waals surface area contributed by atoms with Crippen LogP contribution in [0.5, 0.6) is 0 Å². The van der Waals surface area contributed by atoms with Crippen LogP contribution in [0.25, 0.3) is 0 Å². The average Bonchev–Trinajstić information content (AvgIpc) is 3.18. The van der Waals surface area contributed by atoms with Gasteiger partial charge >= 0.3 is 0 Å². The highest BCUT2D eigenvalue weighted by Crippen LogP contribution is 2.31. The van der Waals surface area contributed by atoms with E-state index in [4.69, 9.17) is 0 Å². The first kappa shape index (κ1) is 20.1. The van der Waals surface area contributed by atoms with Gasteiger partial charge < -0.3 is 15.5 Å². The Bertz CT molecular complexity index is 760. The van der Waals surface area contributed by atoms with E-state index in [0.29, 0.717) is 18.0 Å². The number of benzene rings is 1. The van der Waals surface area contributed by atoms with Crippen molar-refractivity contribution in [3.05, 3.63) is 29.1 Å². The van der Waals surface area contributed by atoms with Crippen molar-refractivity contribution >= 4 is 17.5 Å². The van der Waals surface area contributed by atoms with E-state index in [1.807, 2.05) is 11.8 Å². The minimum Gasteiger partial charge on any atom is -0.373 e. The number of piperidine rings is 2. The molecule has 4 rings (SSSR count). The van der Waals surface area contributed by atoms with Crippen molar-refractivity contribution < 1.29 is 14.0 Å². The highest BCUT2D eigenvalue weighted by Gasteiger charge is 2.33. The molecular formula is C22H31FN4O2. The van der Waals surface area contributed by atoms with Crippen LogP contribution in [0.2, 0.25) is 0 Å². The molecule has 2 amide bonds. The summed E-state index contributed by atoms with van der Waals surface area (Å²) in [7, 11) is 0. The number of nitrogens with zero attached hydrogens (tertiary/aromatic N) is 2. The van der Waals surface area contributed by atoms with Gasteiger partial charge in [-0.15, -0.1) is 0 Å². The van der Waals surface area contributed by atoms with E-state index in [9.17, 15) is 14.0 Å². The summed E-state index contributed by atoms with van der Waals surface area (Å²) < 4.78 is 14.1. The zero-order valence-corrected chi connectivity index (χ0v) is 17.3. The Hall–Kier alpha value is -2.15. The van der Waals surface area contributed by atoms with Gasteiger partial charge in [-0.1, -0.05) is 6.07 Å². The van der Waals surface area contributed by atoms with Crippen LogP contribution >= 0.6 is 0 Å². The van der Waals surface area contributed by atoms with E-state index in [1.54, 1.807) is 13.0 Å². The first-order chi connectivity index (χ1) is 13.9. The van der Waals surface area contributed by atoms with Gasteiger partial charge in [-0.25, -0.2) is 4.39 Å². The molecule has 1 aromatic rings. The lowest BCUT2D eigenvalue weighted by Gasteiger charge is -2.42. The number of carbonyl (C=O) groups excluding carboxylic acids is 2. The second-order valence-corrected chi connectivity index (χ2v) is 8.70. The minimum absolute atomic E-state index is 0.0433. The predicted octanol–water partition coefficient (Wildman–Crippen LogP) is 2.06. The number of anilines is 1. The maximum atomic E-state index is 14.1. The number of aryl methyl sites for hydroxylation is 1. The van der Waals surface area contributed by atoms with Gasteiger partial charge in [0.15, 0.2) is 0 Å². The molecule has 3 aliphatic rings. The number of halogens is 1. The quantitative estimate of drug-likeness (QED) is 0.812. The summed E-state index contributed by atoms with van der Waals surface area (Å²) in [5, 5.41) is 6.42. The summed E-state index contributed by atoms with van der Waals surface area (Å²) in [5.41, 5.74) is 2.36. The SMILES string of the molecule is CC(=O)N1CCC(N2CCCC(NC(=O)C3Cc4c(F)ccc(C)c4N3)C2)CC1. The van der Waals surface area contributed by atoms with Crippen molar-refractivity contribution in [2.24, 2.45) is 0 Å². The normalized spacial score (nSPS) is 25.4. The Kier molecular flexibility index (Phi) is 5.76. The first-order valence-electron chi connectivity index (χ1n) is 10.8. The molecule has 0 radical (unpaired) electrons. The molecule has 2 fully saturated rings. The van der Waals surface area contributed by atoms with E-state index in [0.717, 1.165) is 63.1 Å². The topological polar surface area (TPSA) is 64.7 Å². The van der Waals surface area contributed by atoms with Crippen LogP contribution in [0.4, 0.5) is 10.1 Å². The number of amides is 2. The second kappa shape index (κ2) is 8.30. The first-order valence-corrected chi connectivity index (χ1v) is 10.8. The zero-order chi connectivity index (χ0) is 20.5. The van der Waals surface area contributed by atoms with E-state index < -0.39 is 6.04 Å². The number of rotatable bonds is 3. The largest absolute Gasteiger partial charge is 0.373 e. The summed E-state index contributed by atoms with van der Waals surface area (Å²) in [6.07, 6.45) is 4.43. The molecule has 2 saturated heterocycles. The van der Waals surface area contributed by atoms with Crippen LogP contribution < -0.4 is 10.6 Å². The molecule has 1 aromatic carbocycles. The molecule has 0 saturated carbocycles. The van der Waals surface area contributed by atoms with Crippen molar-refractivity contribution in [1.29, 1.82) is 0 Å². The molecule has 29 heavy (non-hydrogen) atoms. The Morgan fingerprint density at radius 3 is 2.62 bits per heavy atom. The lowest BCUT2D eigenvalue weighted by Crippen LogP contribution is -2.55. The third kappa shape index (κ3) is 4.25. The Morgan fingerprint density at radius 2 is 1.93 bits per heavy atom. The lowest BCUT2D eigenvalue weighted by atomic mass is 9.97. The molecule has 158 valence electrons. The van der Waals surface area contributed by atoms with Crippen molar-refractivity contribution in [3.63, 3.8) is 0 Å². The summed E-state index contributed by atoms with van der Waals surface area (Å²) in [4.78, 5) is 28.8. The zero-order valence-electron chi connectivity index (χ0n) is 17.3. The minimum atomic E-state index is -0.408. The molecule has 2 atom stereocenters. The van der Waals surface area contributed by atoms with E-state index in [-0.39, 0.29) is 23.7 Å². The average molecular weight is 403 g/mol. The van der Waals surface area contributed by atoms with Crippen molar-refractivity contribution in [2.75, 3.05) is 31.5 Å².